The van der Waals surface area contributed by atoms with Crippen LogP contribution in [0.2, 0.25) is 0 Å². The van der Waals surface area contributed by atoms with Gasteiger partial charge in [-0.1, -0.05) is 13.3 Å². The Kier molecular flexibility index (Phi) is 5.79. The Hall–Kier alpha value is -0.0800. The average molecular weight is 238 g/mol. The van der Waals surface area contributed by atoms with Crippen molar-refractivity contribution in [1.29, 1.82) is 0 Å². The highest BCUT2D eigenvalue weighted by Gasteiger charge is 2.19. The van der Waals surface area contributed by atoms with Crippen molar-refractivity contribution in [3.05, 3.63) is 0 Å². The van der Waals surface area contributed by atoms with Gasteiger partial charge in [0.05, 0.1) is 0 Å². The second-order valence-electron chi connectivity index (χ2n) is 6.17. The average Bonchev–Trinajstić information content (AvgIpc) is 3.13. The fourth-order valence-corrected chi connectivity index (χ4v) is 2.78. The van der Waals surface area contributed by atoms with Crippen molar-refractivity contribution in [2.45, 2.75) is 64.3 Å². The van der Waals surface area contributed by atoms with Crippen LogP contribution in [-0.4, -0.2) is 37.1 Å². The molecule has 2 heteroatoms. The lowest BCUT2D eigenvalue weighted by Gasteiger charge is -2.19. The van der Waals surface area contributed by atoms with Crippen molar-refractivity contribution in [3.63, 3.8) is 0 Å². The van der Waals surface area contributed by atoms with E-state index in [0.29, 0.717) is 0 Å². The second kappa shape index (κ2) is 7.38. The minimum atomic E-state index is 0.891. The Labute approximate surface area is 107 Å². The van der Waals surface area contributed by atoms with E-state index in [1.165, 1.54) is 77.5 Å². The number of unbranched alkanes of at least 4 members (excludes halogenated alkanes) is 2. The van der Waals surface area contributed by atoms with Gasteiger partial charge in [0.1, 0.15) is 0 Å². The normalized spacial score (nSPS) is 27.0. The van der Waals surface area contributed by atoms with Crippen LogP contribution in [0.5, 0.6) is 0 Å². The summed E-state index contributed by atoms with van der Waals surface area (Å²) in [6.45, 7) is 7.71. The van der Waals surface area contributed by atoms with Gasteiger partial charge in [-0.2, -0.15) is 0 Å². The zero-order valence-electron chi connectivity index (χ0n) is 11.6. The van der Waals surface area contributed by atoms with Crippen LogP contribution in [0.1, 0.15) is 58.3 Å². The van der Waals surface area contributed by atoms with E-state index in [1.54, 1.807) is 0 Å². The molecule has 2 rings (SSSR count). The first-order valence-electron chi connectivity index (χ1n) is 7.80. The molecule has 1 aliphatic heterocycles. The SMILES string of the molecule is CC1CCCN(CCCCCNC2CC2)CC1. The predicted molar refractivity (Wildman–Crippen MR) is 74.3 cm³/mol. The molecule has 2 nitrogen and oxygen atoms in total. The number of likely N-dealkylation sites (tertiary alicyclic amines) is 1. The quantitative estimate of drug-likeness (QED) is 0.686. The Balaban J connectivity index is 1.43. The van der Waals surface area contributed by atoms with Gasteiger partial charge in [-0.3, -0.25) is 0 Å². The van der Waals surface area contributed by atoms with E-state index in [1.807, 2.05) is 0 Å². The summed E-state index contributed by atoms with van der Waals surface area (Å²) < 4.78 is 0. The lowest BCUT2D eigenvalue weighted by Crippen LogP contribution is -2.26. The summed E-state index contributed by atoms with van der Waals surface area (Å²) in [5.74, 6) is 0.961. The maximum absolute atomic E-state index is 3.60. The Morgan fingerprint density at radius 2 is 1.88 bits per heavy atom. The van der Waals surface area contributed by atoms with Crippen LogP contribution in [0.15, 0.2) is 0 Å². The fraction of sp³-hybridized carbons (Fsp3) is 1.00. The number of nitrogens with zero attached hydrogens (tertiary/aromatic N) is 1. The Morgan fingerprint density at radius 3 is 2.71 bits per heavy atom. The standard InChI is InChI=1S/C15H30N2/c1-14-6-5-12-17(13-9-14)11-4-2-3-10-16-15-7-8-15/h14-16H,2-13H2,1H3. The molecule has 100 valence electrons. The van der Waals surface area contributed by atoms with Crippen molar-refractivity contribution in [2.75, 3.05) is 26.2 Å². The smallest absolute Gasteiger partial charge is 0.00682 e. The first kappa shape index (κ1) is 13.4. The monoisotopic (exact) mass is 238 g/mol. The second-order valence-corrected chi connectivity index (χ2v) is 6.17. The van der Waals surface area contributed by atoms with E-state index in [0.717, 1.165) is 12.0 Å². The van der Waals surface area contributed by atoms with Crippen LogP contribution in [0.25, 0.3) is 0 Å². The van der Waals surface area contributed by atoms with Crippen LogP contribution < -0.4 is 5.32 Å². The lowest BCUT2D eigenvalue weighted by molar-refractivity contribution is 0.275. The van der Waals surface area contributed by atoms with Crippen LogP contribution in [-0.2, 0) is 0 Å². The van der Waals surface area contributed by atoms with Gasteiger partial charge in [-0.15, -0.1) is 0 Å². The molecule has 0 aromatic rings. The number of hydrogen-bond acceptors (Lipinski definition) is 2. The topological polar surface area (TPSA) is 15.3 Å². The summed E-state index contributed by atoms with van der Waals surface area (Å²) in [4.78, 5) is 2.69. The molecule has 1 N–H and O–H groups in total. The third-order valence-electron chi connectivity index (χ3n) is 4.27. The predicted octanol–water partition coefficient (Wildman–Crippen LogP) is 3.03. The number of nitrogens with one attached hydrogen (secondary N) is 1. The summed E-state index contributed by atoms with van der Waals surface area (Å²) >= 11 is 0. The van der Waals surface area contributed by atoms with Crippen LogP contribution in [0.4, 0.5) is 0 Å². The molecule has 0 bridgehead atoms. The molecule has 17 heavy (non-hydrogen) atoms. The molecule has 0 aromatic heterocycles. The molecule has 1 saturated heterocycles. The van der Waals surface area contributed by atoms with Gasteiger partial charge in [-0.05, 0) is 77.0 Å². The molecule has 1 atom stereocenters. The summed E-state index contributed by atoms with van der Waals surface area (Å²) in [5, 5.41) is 3.60. The minimum absolute atomic E-state index is 0.891. The third-order valence-corrected chi connectivity index (χ3v) is 4.27. The molecule has 2 aliphatic rings. The van der Waals surface area contributed by atoms with Crippen molar-refractivity contribution < 1.29 is 0 Å². The lowest BCUT2D eigenvalue weighted by atomic mass is 10.0. The van der Waals surface area contributed by atoms with Crippen LogP contribution >= 0.6 is 0 Å². The highest BCUT2D eigenvalue weighted by atomic mass is 15.1. The van der Waals surface area contributed by atoms with Gasteiger partial charge in [0.2, 0.25) is 0 Å². The molecule has 1 heterocycles. The highest BCUT2D eigenvalue weighted by Crippen LogP contribution is 2.19. The van der Waals surface area contributed by atoms with E-state index in [4.69, 9.17) is 0 Å². The van der Waals surface area contributed by atoms with Crippen molar-refractivity contribution in [3.8, 4) is 0 Å². The van der Waals surface area contributed by atoms with E-state index in [9.17, 15) is 0 Å². The number of rotatable bonds is 7. The van der Waals surface area contributed by atoms with Gasteiger partial charge in [0, 0.05) is 6.04 Å². The molecule has 2 fully saturated rings. The summed E-state index contributed by atoms with van der Waals surface area (Å²) in [6, 6.07) is 0.891. The third kappa shape index (κ3) is 5.87. The molecule has 1 saturated carbocycles. The largest absolute Gasteiger partial charge is 0.314 e. The van der Waals surface area contributed by atoms with Crippen LogP contribution in [0.3, 0.4) is 0 Å². The molecule has 1 aliphatic carbocycles. The maximum atomic E-state index is 3.60. The molecule has 0 radical (unpaired) electrons. The van der Waals surface area contributed by atoms with Gasteiger partial charge < -0.3 is 10.2 Å². The van der Waals surface area contributed by atoms with Crippen molar-refractivity contribution >= 4 is 0 Å². The Bertz CT molecular complexity index is 201. The molecule has 1 unspecified atom stereocenters. The van der Waals surface area contributed by atoms with E-state index in [-0.39, 0.29) is 0 Å². The molecular formula is C15H30N2. The van der Waals surface area contributed by atoms with Crippen molar-refractivity contribution in [2.24, 2.45) is 5.92 Å². The minimum Gasteiger partial charge on any atom is -0.314 e. The van der Waals surface area contributed by atoms with Crippen molar-refractivity contribution in [1.82, 2.24) is 10.2 Å². The van der Waals surface area contributed by atoms with Gasteiger partial charge in [0.25, 0.3) is 0 Å². The zero-order chi connectivity index (χ0) is 11.9. The van der Waals surface area contributed by atoms with Gasteiger partial charge in [-0.25, -0.2) is 0 Å². The van der Waals surface area contributed by atoms with Crippen LogP contribution in [0, 0.1) is 5.92 Å². The summed E-state index contributed by atoms with van der Waals surface area (Å²) in [6.07, 6.45) is 11.3. The first-order valence-corrected chi connectivity index (χ1v) is 7.80. The summed E-state index contributed by atoms with van der Waals surface area (Å²) in [7, 11) is 0. The number of hydrogen-bond donors (Lipinski definition) is 1. The summed E-state index contributed by atoms with van der Waals surface area (Å²) in [5.41, 5.74) is 0. The van der Waals surface area contributed by atoms with E-state index < -0.39 is 0 Å². The Morgan fingerprint density at radius 1 is 1.00 bits per heavy atom. The molecular weight excluding hydrogens is 208 g/mol. The van der Waals surface area contributed by atoms with Gasteiger partial charge >= 0.3 is 0 Å². The van der Waals surface area contributed by atoms with E-state index in [2.05, 4.69) is 17.1 Å². The zero-order valence-corrected chi connectivity index (χ0v) is 11.6. The van der Waals surface area contributed by atoms with E-state index >= 15 is 0 Å². The molecule has 0 aromatic carbocycles. The van der Waals surface area contributed by atoms with Gasteiger partial charge in [0.15, 0.2) is 0 Å². The first-order chi connectivity index (χ1) is 8.34. The molecule has 0 amide bonds. The maximum Gasteiger partial charge on any atom is 0.00682 e. The highest BCUT2D eigenvalue weighted by molar-refractivity contribution is 4.80. The molecule has 0 spiro atoms. The fourth-order valence-electron chi connectivity index (χ4n) is 2.78.